The second-order valence-corrected chi connectivity index (χ2v) is 2.36. The number of hydrogen-bond donors (Lipinski definition) is 1. The zero-order valence-electron chi connectivity index (χ0n) is 5.87. The van der Waals surface area contributed by atoms with Crippen LogP contribution in [0.3, 0.4) is 0 Å². The third kappa shape index (κ3) is 1.46. The van der Waals surface area contributed by atoms with Crippen LogP contribution in [0.25, 0.3) is 0 Å². The topological polar surface area (TPSA) is 57.2 Å². The first kappa shape index (κ1) is 7.94. The summed E-state index contributed by atoms with van der Waals surface area (Å²) < 4.78 is 5.54. The fourth-order valence-electron chi connectivity index (χ4n) is 0.702. The molecule has 4 nitrogen and oxygen atoms in total. The molecule has 0 bridgehead atoms. The van der Waals surface area contributed by atoms with Crippen molar-refractivity contribution in [3.8, 4) is 0 Å². The van der Waals surface area contributed by atoms with Crippen LogP contribution in [0.2, 0.25) is 5.02 Å². The van der Waals surface area contributed by atoms with Gasteiger partial charge in [0.1, 0.15) is 5.82 Å². The number of halogens is 1. The maximum atomic E-state index is 10.8. The van der Waals surface area contributed by atoms with E-state index >= 15 is 0 Å². The minimum absolute atomic E-state index is 0.266. The minimum atomic E-state index is -0.547. The van der Waals surface area contributed by atoms with Crippen LogP contribution in [-0.2, 0) is 4.74 Å². The first-order chi connectivity index (χ1) is 5.15. The third-order valence-corrected chi connectivity index (χ3v) is 1.39. The standard InChI is InChI=1S/C6H7ClN2O2/c1-11-6(10)9-3-4(7)2-5(9)8/h2-3H,8H2,1H3. The van der Waals surface area contributed by atoms with E-state index in [1.54, 1.807) is 0 Å². The van der Waals surface area contributed by atoms with Crippen molar-refractivity contribution in [1.82, 2.24) is 4.57 Å². The van der Waals surface area contributed by atoms with Gasteiger partial charge in [-0.1, -0.05) is 11.6 Å². The molecule has 0 aromatic carbocycles. The Labute approximate surface area is 68.5 Å². The van der Waals surface area contributed by atoms with Crippen LogP contribution in [-0.4, -0.2) is 17.8 Å². The molecule has 1 rings (SSSR count). The van der Waals surface area contributed by atoms with Gasteiger partial charge in [0.2, 0.25) is 0 Å². The van der Waals surface area contributed by atoms with Gasteiger partial charge in [-0.2, -0.15) is 0 Å². The molecule has 60 valence electrons. The summed E-state index contributed by atoms with van der Waals surface area (Å²) >= 11 is 5.56. The van der Waals surface area contributed by atoms with Gasteiger partial charge >= 0.3 is 6.09 Å². The van der Waals surface area contributed by atoms with E-state index in [0.717, 1.165) is 4.57 Å². The molecule has 0 amide bonds. The Kier molecular flexibility index (Phi) is 2.05. The van der Waals surface area contributed by atoms with E-state index in [4.69, 9.17) is 17.3 Å². The number of rotatable bonds is 0. The van der Waals surface area contributed by atoms with Gasteiger partial charge in [-0.3, -0.25) is 0 Å². The Morgan fingerprint density at radius 2 is 2.45 bits per heavy atom. The molecule has 0 saturated heterocycles. The van der Waals surface area contributed by atoms with Gasteiger partial charge < -0.3 is 10.5 Å². The molecule has 5 heteroatoms. The second-order valence-electron chi connectivity index (χ2n) is 1.92. The van der Waals surface area contributed by atoms with Gasteiger partial charge in [-0.25, -0.2) is 9.36 Å². The van der Waals surface area contributed by atoms with Crippen LogP contribution >= 0.6 is 11.6 Å². The summed E-state index contributed by atoms with van der Waals surface area (Å²) in [6, 6.07) is 1.47. The van der Waals surface area contributed by atoms with Crippen LogP contribution in [0.5, 0.6) is 0 Å². The van der Waals surface area contributed by atoms with Crippen molar-refractivity contribution in [2.24, 2.45) is 0 Å². The summed E-state index contributed by atoms with van der Waals surface area (Å²) in [5.74, 6) is 0.266. The summed E-state index contributed by atoms with van der Waals surface area (Å²) in [6.45, 7) is 0. The molecule has 0 fully saturated rings. The maximum Gasteiger partial charge on any atom is 0.419 e. The van der Waals surface area contributed by atoms with Gasteiger partial charge in [0.05, 0.1) is 12.1 Å². The van der Waals surface area contributed by atoms with Gasteiger partial charge in [-0.15, -0.1) is 0 Å². The molecule has 0 spiro atoms. The van der Waals surface area contributed by atoms with E-state index in [9.17, 15) is 4.79 Å². The van der Waals surface area contributed by atoms with E-state index in [1.807, 2.05) is 0 Å². The fourth-order valence-corrected chi connectivity index (χ4v) is 0.912. The smallest absolute Gasteiger partial charge is 0.419 e. The predicted octanol–water partition coefficient (Wildman–Crippen LogP) is 1.34. The van der Waals surface area contributed by atoms with Crippen molar-refractivity contribution in [3.05, 3.63) is 17.3 Å². The Morgan fingerprint density at radius 3 is 2.82 bits per heavy atom. The zero-order chi connectivity index (χ0) is 8.43. The summed E-state index contributed by atoms with van der Waals surface area (Å²) in [5.41, 5.74) is 5.40. The van der Waals surface area contributed by atoms with E-state index in [0.29, 0.717) is 5.02 Å². The molecular weight excluding hydrogens is 168 g/mol. The number of carbonyl (C=O) groups excluding carboxylic acids is 1. The summed E-state index contributed by atoms with van der Waals surface area (Å²) in [4.78, 5) is 10.8. The second kappa shape index (κ2) is 2.84. The molecule has 1 aromatic heterocycles. The molecule has 0 radical (unpaired) electrons. The van der Waals surface area contributed by atoms with Crippen molar-refractivity contribution >= 4 is 23.5 Å². The van der Waals surface area contributed by atoms with E-state index in [2.05, 4.69) is 4.74 Å². The lowest BCUT2D eigenvalue weighted by Crippen LogP contribution is -2.12. The third-order valence-electron chi connectivity index (χ3n) is 1.19. The lowest BCUT2D eigenvalue weighted by atomic mass is 10.6. The average Bonchev–Trinajstić information content (AvgIpc) is 2.28. The molecule has 0 aliphatic carbocycles. The van der Waals surface area contributed by atoms with Gasteiger partial charge in [0.25, 0.3) is 0 Å². The van der Waals surface area contributed by atoms with Crippen molar-refractivity contribution in [2.75, 3.05) is 12.8 Å². The molecule has 0 aliphatic heterocycles. The molecule has 1 heterocycles. The number of aromatic nitrogens is 1. The number of nitrogens with zero attached hydrogens (tertiary/aromatic N) is 1. The molecule has 0 aliphatic rings. The number of nitrogen functional groups attached to an aromatic ring is 1. The van der Waals surface area contributed by atoms with Crippen LogP contribution in [0.15, 0.2) is 12.3 Å². The van der Waals surface area contributed by atoms with Crippen LogP contribution in [0, 0.1) is 0 Å². The number of anilines is 1. The molecular formula is C6H7ClN2O2. The van der Waals surface area contributed by atoms with Crippen molar-refractivity contribution in [3.63, 3.8) is 0 Å². The number of nitrogens with two attached hydrogens (primary N) is 1. The number of carbonyl (C=O) groups is 1. The lowest BCUT2D eigenvalue weighted by Gasteiger charge is -1.99. The lowest BCUT2D eigenvalue weighted by molar-refractivity contribution is 0.173. The SMILES string of the molecule is COC(=O)n1cc(Cl)cc1N. The number of hydrogen-bond acceptors (Lipinski definition) is 3. The summed E-state index contributed by atoms with van der Waals surface area (Å²) in [6.07, 6.45) is 0.845. The quantitative estimate of drug-likeness (QED) is 0.646. The number of ether oxygens (including phenoxy) is 1. The highest BCUT2D eigenvalue weighted by molar-refractivity contribution is 6.31. The van der Waals surface area contributed by atoms with Gasteiger partial charge in [0, 0.05) is 6.20 Å². The Morgan fingerprint density at radius 1 is 1.82 bits per heavy atom. The summed E-state index contributed by atoms with van der Waals surface area (Å²) in [7, 11) is 1.27. The first-order valence-electron chi connectivity index (χ1n) is 2.87. The molecule has 1 aromatic rings. The fraction of sp³-hybridized carbons (Fsp3) is 0.167. The number of methoxy groups -OCH3 is 1. The van der Waals surface area contributed by atoms with Crippen molar-refractivity contribution < 1.29 is 9.53 Å². The Hall–Kier alpha value is -1.16. The molecule has 11 heavy (non-hydrogen) atoms. The molecule has 0 unspecified atom stereocenters. The van der Waals surface area contributed by atoms with E-state index in [1.165, 1.54) is 19.4 Å². The Balaban J connectivity index is 3.03. The van der Waals surface area contributed by atoms with E-state index < -0.39 is 6.09 Å². The molecule has 0 atom stereocenters. The van der Waals surface area contributed by atoms with Crippen molar-refractivity contribution in [1.29, 1.82) is 0 Å². The zero-order valence-corrected chi connectivity index (χ0v) is 6.63. The van der Waals surface area contributed by atoms with Crippen molar-refractivity contribution in [2.45, 2.75) is 0 Å². The largest absolute Gasteiger partial charge is 0.452 e. The minimum Gasteiger partial charge on any atom is -0.452 e. The monoisotopic (exact) mass is 174 g/mol. The van der Waals surface area contributed by atoms with Gasteiger partial charge in [0.15, 0.2) is 0 Å². The summed E-state index contributed by atoms with van der Waals surface area (Å²) in [5, 5.41) is 0.410. The highest BCUT2D eigenvalue weighted by Crippen LogP contribution is 2.15. The van der Waals surface area contributed by atoms with E-state index in [-0.39, 0.29) is 5.82 Å². The normalized spacial score (nSPS) is 9.64. The maximum absolute atomic E-state index is 10.8. The average molecular weight is 175 g/mol. The predicted molar refractivity (Wildman–Crippen MR) is 41.7 cm³/mol. The molecule has 0 saturated carbocycles. The Bertz CT molecular complexity index is 282. The highest BCUT2D eigenvalue weighted by Gasteiger charge is 2.07. The molecule has 2 N–H and O–H groups in total. The highest BCUT2D eigenvalue weighted by atomic mass is 35.5. The van der Waals surface area contributed by atoms with Gasteiger partial charge in [-0.05, 0) is 6.07 Å². The first-order valence-corrected chi connectivity index (χ1v) is 3.24. The van der Waals surface area contributed by atoms with Crippen LogP contribution < -0.4 is 5.73 Å². The van der Waals surface area contributed by atoms with Crippen LogP contribution in [0.1, 0.15) is 0 Å². The van der Waals surface area contributed by atoms with Crippen LogP contribution in [0.4, 0.5) is 10.6 Å².